The second kappa shape index (κ2) is 2.85. The molecule has 0 aromatic heterocycles. The molecule has 1 aliphatic heterocycles. The lowest BCUT2D eigenvalue weighted by Gasteiger charge is -2.25. The molecule has 1 aromatic carbocycles. The van der Waals surface area contributed by atoms with Crippen LogP contribution in [0.5, 0.6) is 0 Å². The van der Waals surface area contributed by atoms with Crippen molar-refractivity contribution >= 4 is 32.6 Å². The summed E-state index contributed by atoms with van der Waals surface area (Å²) < 4.78 is 20.2. The molecule has 0 radical (unpaired) electrons. The average Bonchev–Trinajstić information content (AvgIpc) is 2.35. The lowest BCUT2D eigenvalue weighted by molar-refractivity contribution is 0.500. The number of fused-ring (bicyclic) bond motifs is 1. The maximum atomic E-state index is 9.60. The van der Waals surface area contributed by atoms with Crippen molar-refractivity contribution < 1.29 is 9.11 Å². The number of halogens is 1. The summed E-state index contributed by atoms with van der Waals surface area (Å²) in [4.78, 5) is 0.633. The molecular weight excluding hydrogens is 252 g/mol. The van der Waals surface area contributed by atoms with E-state index in [0.29, 0.717) is 4.90 Å². The molecule has 0 saturated carbocycles. The molecule has 2 nitrogen and oxygen atoms in total. The number of hydrogen-bond acceptors (Lipinski definition) is 2. The van der Waals surface area contributed by atoms with Gasteiger partial charge in [0.2, 0.25) is 0 Å². The van der Waals surface area contributed by atoms with Crippen molar-refractivity contribution in [1.82, 2.24) is 0 Å². The molecule has 0 saturated heterocycles. The van der Waals surface area contributed by atoms with Gasteiger partial charge < -0.3 is 0 Å². The lowest BCUT2D eigenvalue weighted by atomic mass is 10.1. The first-order valence-corrected chi connectivity index (χ1v) is 6.18. The molecule has 0 unspecified atom stereocenters. The zero-order chi connectivity index (χ0) is 9.64. The predicted molar refractivity (Wildman–Crippen MR) is 59.0 cm³/mol. The molecule has 0 atom stereocenters. The van der Waals surface area contributed by atoms with E-state index in [4.69, 9.17) is 0 Å². The summed E-state index contributed by atoms with van der Waals surface area (Å²) >= 11 is 3.40. The van der Waals surface area contributed by atoms with Gasteiger partial charge in [0.1, 0.15) is 0 Å². The molecule has 1 aliphatic rings. The fourth-order valence-electron chi connectivity index (χ4n) is 1.38. The van der Waals surface area contributed by atoms with Gasteiger partial charge in [-0.1, -0.05) is 15.9 Å². The zero-order valence-electron chi connectivity index (χ0n) is 6.99. The number of benzene rings is 1. The minimum atomic E-state index is -2.65. The van der Waals surface area contributed by atoms with E-state index in [1.807, 2.05) is 13.0 Å². The molecule has 4 heteroatoms. The van der Waals surface area contributed by atoms with Crippen LogP contribution < -0.4 is 0 Å². The van der Waals surface area contributed by atoms with Gasteiger partial charge in [0.15, 0.2) is 0 Å². The summed E-state index contributed by atoms with van der Waals surface area (Å²) in [6.07, 6.45) is 1.77. The summed E-state index contributed by atoms with van der Waals surface area (Å²) in [5, 5.41) is 1.47. The second-order valence-electron chi connectivity index (χ2n) is 2.98. The van der Waals surface area contributed by atoms with Gasteiger partial charge in [0.05, 0.1) is 4.90 Å². The zero-order valence-corrected chi connectivity index (χ0v) is 9.39. The van der Waals surface area contributed by atoms with Gasteiger partial charge in [-0.05, 0) is 30.7 Å². The van der Waals surface area contributed by atoms with Crippen LogP contribution in [-0.2, 0) is 0 Å². The minimum Gasteiger partial charge on any atom is -0.291 e. The number of hydrogen-bond donors (Lipinski definition) is 2. The van der Waals surface area contributed by atoms with Crippen LogP contribution in [0.2, 0.25) is 0 Å². The third-order valence-corrected chi connectivity index (χ3v) is 4.53. The lowest BCUT2D eigenvalue weighted by Crippen LogP contribution is -1.93. The fourth-order valence-corrected chi connectivity index (χ4v) is 3.01. The van der Waals surface area contributed by atoms with Gasteiger partial charge >= 0.3 is 0 Å². The van der Waals surface area contributed by atoms with E-state index >= 15 is 0 Å². The Morgan fingerprint density at radius 1 is 1.31 bits per heavy atom. The van der Waals surface area contributed by atoms with Crippen molar-refractivity contribution in [3.05, 3.63) is 33.1 Å². The molecule has 0 spiro atoms. The van der Waals surface area contributed by atoms with Gasteiger partial charge in [-0.15, -0.1) is 10.6 Å². The molecule has 0 fully saturated rings. The molecular formula is C9H9BrO2S. The summed E-state index contributed by atoms with van der Waals surface area (Å²) in [5.41, 5.74) is 1.97. The summed E-state index contributed by atoms with van der Waals surface area (Å²) in [6, 6.07) is 3.59. The van der Waals surface area contributed by atoms with Crippen molar-refractivity contribution in [3.8, 4) is 0 Å². The van der Waals surface area contributed by atoms with Crippen LogP contribution in [0, 0.1) is 6.92 Å². The van der Waals surface area contributed by atoms with Crippen molar-refractivity contribution in [2.24, 2.45) is 0 Å². The average molecular weight is 261 g/mol. The van der Waals surface area contributed by atoms with Gasteiger partial charge in [-0.25, -0.2) is 0 Å². The Morgan fingerprint density at radius 2 is 2.00 bits per heavy atom. The van der Waals surface area contributed by atoms with E-state index in [0.717, 1.165) is 15.6 Å². The fraction of sp³-hybridized carbons (Fsp3) is 0.111. The van der Waals surface area contributed by atoms with Crippen molar-refractivity contribution in [2.45, 2.75) is 11.8 Å². The third kappa shape index (κ3) is 1.34. The highest BCUT2D eigenvalue weighted by Crippen LogP contribution is 2.57. The van der Waals surface area contributed by atoms with E-state index in [9.17, 15) is 9.11 Å². The second-order valence-corrected chi connectivity index (χ2v) is 5.73. The van der Waals surface area contributed by atoms with E-state index in [1.54, 1.807) is 12.1 Å². The van der Waals surface area contributed by atoms with E-state index in [1.165, 1.54) is 5.41 Å². The highest BCUT2D eigenvalue weighted by molar-refractivity contribution is 9.10. The SMILES string of the molecule is Cc1c(Br)ccc2c1C=CS2(O)O. The Morgan fingerprint density at radius 3 is 2.69 bits per heavy atom. The molecule has 2 N–H and O–H groups in total. The largest absolute Gasteiger partial charge is 0.291 e. The summed E-state index contributed by atoms with van der Waals surface area (Å²) in [7, 11) is -2.65. The molecule has 0 bridgehead atoms. The van der Waals surface area contributed by atoms with Crippen LogP contribution in [0.25, 0.3) is 6.08 Å². The van der Waals surface area contributed by atoms with Crippen molar-refractivity contribution in [3.63, 3.8) is 0 Å². The quantitative estimate of drug-likeness (QED) is 0.744. The highest BCUT2D eigenvalue weighted by Gasteiger charge is 2.23. The van der Waals surface area contributed by atoms with Gasteiger partial charge in [0, 0.05) is 15.4 Å². The van der Waals surface area contributed by atoms with Gasteiger partial charge in [0.25, 0.3) is 0 Å². The molecule has 13 heavy (non-hydrogen) atoms. The third-order valence-electron chi connectivity index (χ3n) is 2.16. The minimum absolute atomic E-state index is 0.633. The smallest absolute Gasteiger partial charge is 0.0706 e. The Labute approximate surface area is 86.8 Å². The van der Waals surface area contributed by atoms with Crippen LogP contribution in [-0.4, -0.2) is 9.11 Å². The van der Waals surface area contributed by atoms with Crippen molar-refractivity contribution in [2.75, 3.05) is 0 Å². The van der Waals surface area contributed by atoms with E-state index in [-0.39, 0.29) is 0 Å². The monoisotopic (exact) mass is 260 g/mol. The van der Waals surface area contributed by atoms with Crippen LogP contribution in [0.3, 0.4) is 0 Å². The first kappa shape index (κ1) is 9.27. The Kier molecular flexibility index (Phi) is 2.03. The van der Waals surface area contributed by atoms with Crippen LogP contribution in [0.15, 0.2) is 26.9 Å². The van der Waals surface area contributed by atoms with Gasteiger partial charge in [-0.2, -0.15) is 0 Å². The Bertz CT molecular complexity index is 399. The normalized spacial score (nSPS) is 20.0. The van der Waals surface area contributed by atoms with Crippen molar-refractivity contribution in [1.29, 1.82) is 0 Å². The summed E-state index contributed by atoms with van der Waals surface area (Å²) in [6.45, 7) is 1.95. The Hall–Kier alpha value is -0.290. The Balaban J connectivity index is 2.71. The standard InChI is InChI=1S/C9H9BrO2S/c1-6-7-4-5-13(11,12)9(7)3-2-8(6)10/h2-5,11-12H,1H3. The predicted octanol–water partition coefficient (Wildman–Crippen LogP) is 3.85. The van der Waals surface area contributed by atoms with E-state index < -0.39 is 10.6 Å². The maximum absolute atomic E-state index is 9.60. The van der Waals surface area contributed by atoms with Crippen LogP contribution in [0.1, 0.15) is 11.1 Å². The first-order chi connectivity index (χ1) is 6.02. The van der Waals surface area contributed by atoms with Crippen LogP contribution in [0.4, 0.5) is 0 Å². The highest BCUT2D eigenvalue weighted by atomic mass is 79.9. The molecule has 0 aliphatic carbocycles. The molecule has 0 amide bonds. The number of rotatable bonds is 0. The first-order valence-electron chi connectivity index (χ1n) is 3.78. The molecule has 1 aromatic rings. The molecule has 70 valence electrons. The maximum Gasteiger partial charge on any atom is 0.0706 e. The van der Waals surface area contributed by atoms with E-state index in [2.05, 4.69) is 15.9 Å². The topological polar surface area (TPSA) is 40.5 Å². The van der Waals surface area contributed by atoms with Gasteiger partial charge in [-0.3, -0.25) is 9.11 Å². The summed E-state index contributed by atoms with van der Waals surface area (Å²) in [5.74, 6) is 0. The molecule has 2 rings (SSSR count). The molecule has 1 heterocycles. The van der Waals surface area contributed by atoms with Crippen LogP contribution >= 0.6 is 26.5 Å².